The van der Waals surface area contributed by atoms with E-state index in [0.717, 1.165) is 23.3 Å². The lowest BCUT2D eigenvalue weighted by atomic mass is 9.99. The molecule has 7 heteroatoms. The molecule has 0 bridgehead atoms. The van der Waals surface area contributed by atoms with Crippen LogP contribution in [0.4, 0.5) is 0 Å². The van der Waals surface area contributed by atoms with Crippen LogP contribution in [-0.4, -0.2) is 51.1 Å². The van der Waals surface area contributed by atoms with E-state index in [1.165, 1.54) is 10.6 Å². The second-order valence-corrected chi connectivity index (χ2v) is 8.41. The minimum absolute atomic E-state index is 0.104. The number of aryl methyl sites for hydroxylation is 2. The molecule has 6 nitrogen and oxygen atoms in total. The summed E-state index contributed by atoms with van der Waals surface area (Å²) in [6.07, 6.45) is 2.62. The van der Waals surface area contributed by atoms with E-state index in [2.05, 4.69) is 11.4 Å². The maximum Gasteiger partial charge on any atom is 0.224 e. The number of benzene rings is 1. The van der Waals surface area contributed by atoms with Crippen molar-refractivity contribution in [2.24, 2.45) is 5.92 Å². The maximum absolute atomic E-state index is 12.2. The van der Waals surface area contributed by atoms with Crippen LogP contribution in [0.5, 0.6) is 5.75 Å². The van der Waals surface area contributed by atoms with Gasteiger partial charge in [-0.1, -0.05) is 6.07 Å². The highest BCUT2D eigenvalue weighted by Gasteiger charge is 2.29. The third kappa shape index (κ3) is 5.49. The Morgan fingerprint density at radius 2 is 1.96 bits per heavy atom. The van der Waals surface area contributed by atoms with Crippen molar-refractivity contribution in [3.63, 3.8) is 0 Å². The molecular formula is C17H26N2O4S. The van der Waals surface area contributed by atoms with Crippen molar-refractivity contribution in [1.29, 1.82) is 0 Å². The summed E-state index contributed by atoms with van der Waals surface area (Å²) in [5.74, 6) is 0.407. The predicted octanol–water partition coefficient (Wildman–Crippen LogP) is 1.47. The van der Waals surface area contributed by atoms with Gasteiger partial charge in [0.1, 0.15) is 12.4 Å². The number of rotatable bonds is 6. The molecule has 1 N–H and O–H groups in total. The first-order chi connectivity index (χ1) is 11.3. The van der Waals surface area contributed by atoms with Crippen LogP contribution in [0.25, 0.3) is 0 Å². The van der Waals surface area contributed by atoms with Crippen molar-refractivity contribution in [2.75, 3.05) is 32.5 Å². The van der Waals surface area contributed by atoms with Gasteiger partial charge in [-0.3, -0.25) is 4.79 Å². The van der Waals surface area contributed by atoms with E-state index >= 15 is 0 Å². The number of carbonyl (C=O) groups excluding carboxylic acids is 1. The largest absolute Gasteiger partial charge is 0.492 e. The van der Waals surface area contributed by atoms with E-state index < -0.39 is 10.0 Å². The third-order valence-corrected chi connectivity index (χ3v) is 5.36. The van der Waals surface area contributed by atoms with E-state index in [4.69, 9.17) is 4.74 Å². The predicted molar refractivity (Wildman–Crippen MR) is 93.6 cm³/mol. The zero-order valence-corrected chi connectivity index (χ0v) is 15.4. The first-order valence-corrected chi connectivity index (χ1v) is 10.0. The zero-order valence-electron chi connectivity index (χ0n) is 14.5. The SMILES string of the molecule is Cc1cc(C)cc(OCCNC(=O)[C@@H]2CCCN(S(C)(=O)=O)C2)c1. The van der Waals surface area contributed by atoms with Gasteiger partial charge in [0, 0.05) is 13.1 Å². The Labute approximate surface area is 144 Å². The Balaban J connectivity index is 1.76. The summed E-state index contributed by atoms with van der Waals surface area (Å²) >= 11 is 0. The number of ether oxygens (including phenoxy) is 1. The fraction of sp³-hybridized carbons (Fsp3) is 0.588. The molecule has 1 amide bonds. The molecule has 134 valence electrons. The minimum Gasteiger partial charge on any atom is -0.492 e. The van der Waals surface area contributed by atoms with Gasteiger partial charge in [-0.05, 0) is 49.9 Å². The van der Waals surface area contributed by atoms with Crippen LogP contribution in [0.15, 0.2) is 18.2 Å². The molecule has 0 spiro atoms. The van der Waals surface area contributed by atoms with Gasteiger partial charge in [0.15, 0.2) is 0 Å². The summed E-state index contributed by atoms with van der Waals surface area (Å²) < 4.78 is 30.2. The molecule has 0 aromatic heterocycles. The van der Waals surface area contributed by atoms with Crippen LogP contribution in [-0.2, 0) is 14.8 Å². The molecule has 0 radical (unpaired) electrons. The molecule has 1 aromatic rings. The fourth-order valence-corrected chi connectivity index (χ4v) is 3.87. The van der Waals surface area contributed by atoms with Crippen molar-refractivity contribution in [3.05, 3.63) is 29.3 Å². The number of sulfonamides is 1. The molecule has 0 aliphatic carbocycles. The van der Waals surface area contributed by atoms with Crippen molar-refractivity contribution >= 4 is 15.9 Å². The number of hydrogen-bond donors (Lipinski definition) is 1. The van der Waals surface area contributed by atoms with Crippen LogP contribution < -0.4 is 10.1 Å². The van der Waals surface area contributed by atoms with Crippen LogP contribution in [0.3, 0.4) is 0 Å². The second-order valence-electron chi connectivity index (χ2n) is 6.42. The molecule has 2 rings (SSSR count). The Bertz CT molecular complexity index is 668. The van der Waals surface area contributed by atoms with Gasteiger partial charge < -0.3 is 10.1 Å². The molecule has 0 unspecified atom stereocenters. The van der Waals surface area contributed by atoms with Crippen LogP contribution in [0, 0.1) is 19.8 Å². The Hall–Kier alpha value is -1.60. The molecule has 1 fully saturated rings. The fourth-order valence-electron chi connectivity index (χ4n) is 2.96. The molecule has 1 atom stereocenters. The van der Waals surface area contributed by atoms with Crippen LogP contribution in [0.1, 0.15) is 24.0 Å². The number of hydrogen-bond acceptors (Lipinski definition) is 4. The normalized spacial score (nSPS) is 19.0. The lowest BCUT2D eigenvalue weighted by molar-refractivity contribution is -0.126. The summed E-state index contributed by atoms with van der Waals surface area (Å²) in [4.78, 5) is 12.2. The van der Waals surface area contributed by atoms with Crippen molar-refractivity contribution in [3.8, 4) is 5.75 Å². The minimum atomic E-state index is -3.23. The number of amides is 1. The van der Waals surface area contributed by atoms with E-state index in [-0.39, 0.29) is 18.4 Å². The van der Waals surface area contributed by atoms with Crippen LogP contribution >= 0.6 is 0 Å². The summed E-state index contributed by atoms with van der Waals surface area (Å²) in [6, 6.07) is 5.99. The van der Waals surface area contributed by atoms with Gasteiger partial charge in [0.2, 0.25) is 15.9 Å². The molecule has 1 heterocycles. The van der Waals surface area contributed by atoms with E-state index in [0.29, 0.717) is 26.1 Å². The zero-order chi connectivity index (χ0) is 17.7. The second kappa shape index (κ2) is 7.98. The van der Waals surface area contributed by atoms with Crippen molar-refractivity contribution in [1.82, 2.24) is 9.62 Å². The number of carbonyl (C=O) groups is 1. The number of nitrogens with one attached hydrogen (secondary N) is 1. The average molecular weight is 354 g/mol. The van der Waals surface area contributed by atoms with E-state index in [1.54, 1.807) is 0 Å². The molecule has 1 aliphatic heterocycles. The first-order valence-electron chi connectivity index (χ1n) is 8.19. The lowest BCUT2D eigenvalue weighted by Crippen LogP contribution is -2.45. The maximum atomic E-state index is 12.2. The summed E-state index contributed by atoms with van der Waals surface area (Å²) in [5.41, 5.74) is 2.27. The summed E-state index contributed by atoms with van der Waals surface area (Å²) in [6.45, 7) is 5.58. The quantitative estimate of drug-likeness (QED) is 0.785. The molecular weight excluding hydrogens is 328 g/mol. The third-order valence-electron chi connectivity index (χ3n) is 4.09. The Morgan fingerprint density at radius 3 is 2.58 bits per heavy atom. The first kappa shape index (κ1) is 18.7. The molecule has 1 aromatic carbocycles. The van der Waals surface area contributed by atoms with Crippen molar-refractivity contribution in [2.45, 2.75) is 26.7 Å². The van der Waals surface area contributed by atoms with Crippen LogP contribution in [0.2, 0.25) is 0 Å². The topological polar surface area (TPSA) is 75.7 Å². The average Bonchev–Trinajstić information content (AvgIpc) is 2.50. The highest BCUT2D eigenvalue weighted by atomic mass is 32.2. The van der Waals surface area contributed by atoms with E-state index in [9.17, 15) is 13.2 Å². The Morgan fingerprint density at radius 1 is 1.29 bits per heavy atom. The summed E-state index contributed by atoms with van der Waals surface area (Å²) in [7, 11) is -3.23. The molecule has 1 aliphatic rings. The molecule has 24 heavy (non-hydrogen) atoms. The molecule has 1 saturated heterocycles. The lowest BCUT2D eigenvalue weighted by Gasteiger charge is -2.30. The number of piperidine rings is 1. The van der Waals surface area contributed by atoms with Gasteiger partial charge in [-0.15, -0.1) is 0 Å². The van der Waals surface area contributed by atoms with Gasteiger partial charge in [0.05, 0.1) is 18.7 Å². The van der Waals surface area contributed by atoms with Gasteiger partial charge in [-0.2, -0.15) is 0 Å². The van der Waals surface area contributed by atoms with Gasteiger partial charge in [-0.25, -0.2) is 12.7 Å². The summed E-state index contributed by atoms with van der Waals surface area (Å²) in [5, 5.41) is 2.84. The van der Waals surface area contributed by atoms with Gasteiger partial charge >= 0.3 is 0 Å². The molecule has 0 saturated carbocycles. The smallest absolute Gasteiger partial charge is 0.224 e. The van der Waals surface area contributed by atoms with Gasteiger partial charge in [0.25, 0.3) is 0 Å². The van der Waals surface area contributed by atoms with E-state index in [1.807, 2.05) is 26.0 Å². The number of nitrogens with zero attached hydrogens (tertiary/aromatic N) is 1. The Kier molecular flexibility index (Phi) is 6.23. The monoisotopic (exact) mass is 354 g/mol. The highest BCUT2D eigenvalue weighted by Crippen LogP contribution is 2.19. The highest BCUT2D eigenvalue weighted by molar-refractivity contribution is 7.88. The standard InChI is InChI=1S/C17H26N2O4S/c1-13-9-14(2)11-16(10-13)23-8-6-18-17(20)15-5-4-7-19(12-15)24(3,21)22/h9-11,15H,4-8,12H2,1-3H3,(H,18,20)/t15-/m1/s1. The van der Waals surface area contributed by atoms with Crippen molar-refractivity contribution < 1.29 is 17.9 Å².